The van der Waals surface area contributed by atoms with Crippen LogP contribution in [0.25, 0.3) is 0 Å². The summed E-state index contributed by atoms with van der Waals surface area (Å²) in [5.74, 6) is 2.68. The van der Waals surface area contributed by atoms with Crippen LogP contribution in [0.15, 0.2) is 72.8 Å². The van der Waals surface area contributed by atoms with E-state index in [0.29, 0.717) is 49.4 Å². The Bertz CT molecular complexity index is 614. The lowest BCUT2D eigenvalue weighted by Gasteiger charge is -2.18. The predicted octanol–water partition coefficient (Wildman–Crippen LogP) is 4.03. The summed E-state index contributed by atoms with van der Waals surface area (Å²) in [6.45, 7) is 9.40. The summed E-state index contributed by atoms with van der Waals surface area (Å²) in [5, 5.41) is 0. The van der Waals surface area contributed by atoms with Gasteiger partial charge >= 0.3 is 0 Å². The quantitative estimate of drug-likeness (QED) is 0.686. The van der Waals surface area contributed by atoms with E-state index in [1.807, 2.05) is 48.5 Å². The summed E-state index contributed by atoms with van der Waals surface area (Å²) >= 11 is 0. The molecule has 0 unspecified atom stereocenters. The van der Waals surface area contributed by atoms with Crippen LogP contribution < -0.4 is 18.9 Å². The van der Waals surface area contributed by atoms with E-state index in [1.54, 1.807) is 0 Å². The van der Waals surface area contributed by atoms with Crippen molar-refractivity contribution < 1.29 is 18.9 Å². The molecule has 4 nitrogen and oxygen atoms in total. The van der Waals surface area contributed by atoms with Crippen LogP contribution in [0.5, 0.6) is 23.0 Å². The van der Waals surface area contributed by atoms with E-state index in [-0.39, 0.29) is 0 Å². The maximum Gasteiger partial charge on any atom is 0.161 e. The van der Waals surface area contributed by atoms with E-state index < -0.39 is 0 Å². The van der Waals surface area contributed by atoms with Gasteiger partial charge in [-0.2, -0.15) is 0 Å². The molecule has 1 heterocycles. The number of para-hydroxylation sites is 4. The molecule has 3 rings (SSSR count). The van der Waals surface area contributed by atoms with Crippen LogP contribution in [-0.2, 0) is 0 Å². The maximum absolute atomic E-state index is 5.80. The van der Waals surface area contributed by atoms with Crippen LogP contribution in [0.4, 0.5) is 0 Å². The normalized spacial score (nSPS) is 15.5. The second-order valence-electron chi connectivity index (χ2n) is 5.55. The Balaban J connectivity index is 1.79. The topological polar surface area (TPSA) is 36.9 Å². The van der Waals surface area contributed by atoms with Gasteiger partial charge in [-0.15, -0.1) is 0 Å². The molecule has 0 fully saturated rings. The summed E-state index contributed by atoms with van der Waals surface area (Å²) in [7, 11) is 0. The lowest BCUT2D eigenvalue weighted by atomic mass is 10.3. The summed E-state index contributed by atoms with van der Waals surface area (Å²) in [6, 6.07) is 15.1. The fourth-order valence-corrected chi connectivity index (χ4v) is 2.18. The van der Waals surface area contributed by atoms with Gasteiger partial charge in [-0.3, -0.25) is 0 Å². The molecule has 0 saturated heterocycles. The third-order valence-electron chi connectivity index (χ3n) is 3.43. The number of fused-ring (bicyclic) bond motifs is 2. The molecule has 0 radical (unpaired) electrons. The van der Waals surface area contributed by atoms with Crippen molar-refractivity contribution >= 4 is 0 Å². The molecule has 1 aliphatic heterocycles. The minimum absolute atomic E-state index is 0.352. The van der Waals surface area contributed by atoms with Crippen molar-refractivity contribution in [1.29, 1.82) is 0 Å². The van der Waals surface area contributed by atoms with Crippen LogP contribution in [0.2, 0.25) is 0 Å². The van der Waals surface area contributed by atoms with E-state index in [9.17, 15) is 0 Å². The van der Waals surface area contributed by atoms with Gasteiger partial charge in [0.1, 0.15) is 26.4 Å². The Hall–Kier alpha value is -2.88. The van der Waals surface area contributed by atoms with E-state index in [4.69, 9.17) is 18.9 Å². The molecular formula is C20H20O4. The number of hydrogen-bond donors (Lipinski definition) is 0. The van der Waals surface area contributed by atoms with Gasteiger partial charge in [-0.05, 0) is 35.4 Å². The van der Waals surface area contributed by atoms with Gasteiger partial charge in [0.05, 0.1) is 0 Å². The molecular weight excluding hydrogens is 304 g/mol. The Kier molecular flexibility index (Phi) is 5.06. The number of rotatable bonds is 0. The SMILES string of the molecule is C=C1COc2ccccc2OCC(=C)COc2ccccc2OC1. The Labute approximate surface area is 141 Å². The first kappa shape index (κ1) is 16.0. The molecule has 0 atom stereocenters. The predicted molar refractivity (Wildman–Crippen MR) is 93.1 cm³/mol. The fourth-order valence-electron chi connectivity index (χ4n) is 2.18. The zero-order chi connectivity index (χ0) is 16.8. The zero-order valence-corrected chi connectivity index (χ0v) is 13.5. The summed E-state index contributed by atoms with van der Waals surface area (Å²) in [5.41, 5.74) is 1.64. The third-order valence-corrected chi connectivity index (χ3v) is 3.43. The molecule has 0 saturated carbocycles. The number of hydrogen-bond acceptors (Lipinski definition) is 4. The number of ether oxygens (including phenoxy) is 4. The molecule has 0 spiro atoms. The van der Waals surface area contributed by atoms with Gasteiger partial charge < -0.3 is 18.9 Å². The van der Waals surface area contributed by atoms with Gasteiger partial charge in [0.25, 0.3) is 0 Å². The van der Waals surface area contributed by atoms with E-state index in [0.717, 1.165) is 11.1 Å². The standard InChI is InChI=1S/C20H20O4/c1-15-11-21-17-7-3-5-9-19(17)23-13-16(2)14-24-20-10-6-4-8-18(20)22-12-15/h3-10H,1-2,11-14H2. The average Bonchev–Trinajstić information content (AvgIpc) is 2.62. The smallest absolute Gasteiger partial charge is 0.161 e. The Morgan fingerprint density at radius 1 is 0.500 bits per heavy atom. The first-order valence-corrected chi connectivity index (χ1v) is 7.75. The first-order valence-electron chi connectivity index (χ1n) is 7.75. The monoisotopic (exact) mass is 324 g/mol. The second-order valence-corrected chi connectivity index (χ2v) is 5.55. The van der Waals surface area contributed by atoms with Crippen LogP contribution >= 0.6 is 0 Å². The van der Waals surface area contributed by atoms with Crippen molar-refractivity contribution in [3.05, 3.63) is 72.8 Å². The lowest BCUT2D eigenvalue weighted by molar-refractivity contribution is 0.252. The Morgan fingerprint density at radius 3 is 1.00 bits per heavy atom. The lowest BCUT2D eigenvalue weighted by Crippen LogP contribution is -2.13. The highest BCUT2D eigenvalue weighted by molar-refractivity contribution is 5.41. The van der Waals surface area contributed by atoms with E-state index in [1.165, 1.54) is 0 Å². The third kappa shape index (κ3) is 4.10. The van der Waals surface area contributed by atoms with Gasteiger partial charge in [0.15, 0.2) is 23.0 Å². The average molecular weight is 324 g/mol. The van der Waals surface area contributed by atoms with Crippen molar-refractivity contribution in [3.8, 4) is 23.0 Å². The fraction of sp³-hybridized carbons (Fsp3) is 0.200. The second kappa shape index (κ2) is 7.59. The van der Waals surface area contributed by atoms with Gasteiger partial charge in [-0.1, -0.05) is 37.4 Å². The first-order chi connectivity index (χ1) is 11.7. The summed E-state index contributed by atoms with van der Waals surface area (Å²) in [4.78, 5) is 0. The van der Waals surface area contributed by atoms with Gasteiger partial charge in [0.2, 0.25) is 0 Å². The summed E-state index contributed by atoms with van der Waals surface area (Å²) in [6.07, 6.45) is 0. The maximum atomic E-state index is 5.80. The van der Waals surface area contributed by atoms with Crippen LogP contribution in [0.1, 0.15) is 0 Å². The molecule has 2 aromatic rings. The molecule has 0 amide bonds. The highest BCUT2D eigenvalue weighted by Crippen LogP contribution is 2.29. The Morgan fingerprint density at radius 2 is 0.750 bits per heavy atom. The molecule has 0 bridgehead atoms. The van der Waals surface area contributed by atoms with Crippen LogP contribution in [-0.4, -0.2) is 26.4 Å². The largest absolute Gasteiger partial charge is 0.485 e. The van der Waals surface area contributed by atoms with E-state index in [2.05, 4.69) is 13.2 Å². The van der Waals surface area contributed by atoms with Crippen molar-refractivity contribution in [2.75, 3.05) is 26.4 Å². The van der Waals surface area contributed by atoms with Crippen molar-refractivity contribution in [2.45, 2.75) is 0 Å². The molecule has 1 aliphatic rings. The van der Waals surface area contributed by atoms with Crippen molar-refractivity contribution in [3.63, 3.8) is 0 Å². The minimum atomic E-state index is 0.352. The summed E-state index contributed by atoms with van der Waals surface area (Å²) < 4.78 is 23.2. The van der Waals surface area contributed by atoms with Gasteiger partial charge in [-0.25, -0.2) is 0 Å². The minimum Gasteiger partial charge on any atom is -0.485 e. The number of benzene rings is 2. The van der Waals surface area contributed by atoms with Crippen LogP contribution in [0, 0.1) is 0 Å². The highest BCUT2D eigenvalue weighted by atomic mass is 16.5. The molecule has 4 heteroatoms. The molecule has 0 aromatic heterocycles. The van der Waals surface area contributed by atoms with Crippen molar-refractivity contribution in [1.82, 2.24) is 0 Å². The van der Waals surface area contributed by atoms with Crippen LogP contribution in [0.3, 0.4) is 0 Å². The molecule has 0 aliphatic carbocycles. The molecule has 0 N–H and O–H groups in total. The highest BCUT2D eigenvalue weighted by Gasteiger charge is 2.10. The zero-order valence-electron chi connectivity index (χ0n) is 13.5. The van der Waals surface area contributed by atoms with E-state index >= 15 is 0 Å². The molecule has 124 valence electrons. The van der Waals surface area contributed by atoms with Gasteiger partial charge in [0, 0.05) is 0 Å². The molecule has 2 aromatic carbocycles. The van der Waals surface area contributed by atoms with Crippen molar-refractivity contribution in [2.24, 2.45) is 0 Å². The molecule has 24 heavy (non-hydrogen) atoms.